The predicted octanol–water partition coefficient (Wildman–Crippen LogP) is 0.397. The van der Waals surface area contributed by atoms with E-state index in [0.29, 0.717) is 18.0 Å². The van der Waals surface area contributed by atoms with E-state index < -0.39 is 0 Å². The second-order valence-corrected chi connectivity index (χ2v) is 6.24. The molecule has 2 amide bonds. The minimum atomic E-state index is -0.143. The Morgan fingerprint density at radius 3 is 3.00 bits per heavy atom. The third kappa shape index (κ3) is 3.89. The van der Waals surface area contributed by atoms with E-state index in [9.17, 15) is 9.59 Å². The Bertz CT molecular complexity index is 738. The summed E-state index contributed by atoms with van der Waals surface area (Å²) in [4.78, 5) is 23.5. The average molecular weight is 347 g/mol. The van der Waals surface area contributed by atoms with Crippen LogP contribution < -0.4 is 16.2 Å². The van der Waals surface area contributed by atoms with Crippen molar-refractivity contribution >= 4 is 29.3 Å². The number of hydrazine groups is 1. The Kier molecular flexibility index (Phi) is 5.06. The number of carbonyl (C=O) groups is 2. The fourth-order valence-corrected chi connectivity index (χ4v) is 3.04. The van der Waals surface area contributed by atoms with Gasteiger partial charge in [0.1, 0.15) is 0 Å². The number of anilines is 1. The number of nitrogens with one attached hydrogen (secondary N) is 3. The van der Waals surface area contributed by atoms with Crippen LogP contribution in [0.1, 0.15) is 24.4 Å². The van der Waals surface area contributed by atoms with Gasteiger partial charge in [0.15, 0.2) is 0 Å². The van der Waals surface area contributed by atoms with E-state index in [1.54, 1.807) is 7.05 Å². The Morgan fingerprint density at radius 1 is 1.46 bits per heavy atom. The average Bonchev–Trinajstić information content (AvgIpc) is 2.99. The van der Waals surface area contributed by atoms with Crippen LogP contribution in [0.3, 0.4) is 0 Å². The smallest absolute Gasteiger partial charge is 0.234 e. The van der Waals surface area contributed by atoms with Gasteiger partial charge in [0.25, 0.3) is 0 Å². The van der Waals surface area contributed by atoms with E-state index in [4.69, 9.17) is 0 Å². The fourth-order valence-electron chi connectivity index (χ4n) is 2.39. The molecule has 0 saturated carbocycles. The van der Waals surface area contributed by atoms with Crippen molar-refractivity contribution in [3.63, 3.8) is 0 Å². The number of hydrogen-bond donors (Lipinski definition) is 3. The number of aryl methyl sites for hydroxylation is 1. The van der Waals surface area contributed by atoms with E-state index in [2.05, 4.69) is 31.7 Å². The van der Waals surface area contributed by atoms with Crippen LogP contribution >= 0.6 is 11.8 Å². The van der Waals surface area contributed by atoms with E-state index in [0.717, 1.165) is 11.3 Å². The minimum Gasteiger partial charge on any atom is -0.325 e. The van der Waals surface area contributed by atoms with Crippen molar-refractivity contribution in [1.82, 2.24) is 31.1 Å². The van der Waals surface area contributed by atoms with Crippen LogP contribution in [0.2, 0.25) is 0 Å². The number of hydrogen-bond acceptors (Lipinski definition) is 7. The van der Waals surface area contributed by atoms with Gasteiger partial charge < -0.3 is 5.32 Å². The van der Waals surface area contributed by atoms with Crippen molar-refractivity contribution in [2.75, 3.05) is 11.1 Å². The topological polar surface area (TPSA) is 114 Å². The van der Waals surface area contributed by atoms with Gasteiger partial charge in [-0.05, 0) is 28.5 Å². The zero-order valence-corrected chi connectivity index (χ0v) is 13.8. The Labute approximate surface area is 142 Å². The molecule has 1 aromatic heterocycles. The van der Waals surface area contributed by atoms with Gasteiger partial charge in [0.2, 0.25) is 17.0 Å². The van der Waals surface area contributed by atoms with Crippen LogP contribution in [0.25, 0.3) is 0 Å². The summed E-state index contributed by atoms with van der Waals surface area (Å²) in [5, 5.41) is 14.6. The molecule has 126 valence electrons. The molecule has 1 aliphatic rings. The molecule has 10 heteroatoms. The van der Waals surface area contributed by atoms with Gasteiger partial charge in [-0.25, -0.2) is 10.1 Å². The van der Waals surface area contributed by atoms with Crippen molar-refractivity contribution in [2.45, 2.75) is 24.0 Å². The second kappa shape index (κ2) is 7.41. The second-order valence-electron chi connectivity index (χ2n) is 5.29. The maximum Gasteiger partial charge on any atom is 0.234 e. The lowest BCUT2D eigenvalue weighted by atomic mass is 9.99. The third-order valence-electron chi connectivity index (χ3n) is 3.57. The summed E-state index contributed by atoms with van der Waals surface area (Å²) in [5.74, 6) is 0.0361. The maximum absolute atomic E-state index is 12.2. The van der Waals surface area contributed by atoms with E-state index in [1.165, 1.54) is 16.4 Å². The third-order valence-corrected chi connectivity index (χ3v) is 4.58. The van der Waals surface area contributed by atoms with Gasteiger partial charge in [-0.1, -0.05) is 30.0 Å². The molecule has 1 saturated heterocycles. The highest BCUT2D eigenvalue weighted by Gasteiger charge is 2.21. The molecule has 1 aliphatic heterocycles. The zero-order chi connectivity index (χ0) is 16.9. The minimum absolute atomic E-state index is 0.0264. The lowest BCUT2D eigenvalue weighted by Gasteiger charge is -2.26. The molecule has 3 rings (SSSR count). The molecule has 0 aliphatic carbocycles. The van der Waals surface area contributed by atoms with Crippen molar-refractivity contribution in [1.29, 1.82) is 0 Å². The number of thioether (sulfide) groups is 1. The standard InChI is InChI=1S/C14H17N7O2S/c1-21-14(18-19-20-21)24-8-13(23)15-10-5-3-2-4-9(10)11-6-7-12(22)17-16-11/h2-5,11,16H,6-8H2,1H3,(H,15,23)(H,17,22). The van der Waals surface area contributed by atoms with Gasteiger partial charge in [-0.15, -0.1) is 5.10 Å². The van der Waals surface area contributed by atoms with E-state index >= 15 is 0 Å². The maximum atomic E-state index is 12.2. The van der Waals surface area contributed by atoms with Crippen LogP contribution in [0.4, 0.5) is 5.69 Å². The molecule has 0 spiro atoms. The van der Waals surface area contributed by atoms with Gasteiger partial charge in [-0.2, -0.15) is 0 Å². The molecule has 1 atom stereocenters. The van der Waals surface area contributed by atoms with Crippen LogP contribution in [-0.4, -0.2) is 37.8 Å². The molecule has 0 bridgehead atoms. The highest BCUT2D eigenvalue weighted by atomic mass is 32.2. The lowest BCUT2D eigenvalue weighted by molar-refractivity contribution is -0.124. The normalized spacial score (nSPS) is 17.4. The molecule has 3 N–H and O–H groups in total. The highest BCUT2D eigenvalue weighted by molar-refractivity contribution is 7.99. The summed E-state index contributed by atoms with van der Waals surface area (Å²) in [7, 11) is 1.72. The van der Waals surface area contributed by atoms with Crippen molar-refractivity contribution in [3.05, 3.63) is 29.8 Å². The summed E-state index contributed by atoms with van der Waals surface area (Å²) in [6.45, 7) is 0. The van der Waals surface area contributed by atoms with Crippen LogP contribution in [-0.2, 0) is 16.6 Å². The molecule has 0 radical (unpaired) electrons. The molecule has 24 heavy (non-hydrogen) atoms. The first-order valence-corrected chi connectivity index (χ1v) is 8.40. The number of rotatable bonds is 5. The summed E-state index contributed by atoms with van der Waals surface area (Å²) in [5.41, 5.74) is 7.28. The molecule has 1 aromatic carbocycles. The summed E-state index contributed by atoms with van der Waals surface area (Å²) in [6, 6.07) is 7.52. The molecule has 2 aromatic rings. The van der Waals surface area contributed by atoms with Crippen LogP contribution in [0.5, 0.6) is 0 Å². The lowest BCUT2D eigenvalue weighted by Crippen LogP contribution is -2.44. The molecular weight excluding hydrogens is 330 g/mol. The Hall–Kier alpha value is -2.46. The Morgan fingerprint density at radius 2 is 2.29 bits per heavy atom. The number of amides is 2. The first-order chi connectivity index (χ1) is 11.6. The Balaban J connectivity index is 1.63. The zero-order valence-electron chi connectivity index (χ0n) is 13.0. The largest absolute Gasteiger partial charge is 0.325 e. The number of nitrogens with zero attached hydrogens (tertiary/aromatic N) is 4. The molecule has 2 heterocycles. The first kappa shape index (κ1) is 16.4. The summed E-state index contributed by atoms with van der Waals surface area (Å²) >= 11 is 1.26. The van der Waals surface area contributed by atoms with E-state index in [1.807, 2.05) is 24.3 Å². The highest BCUT2D eigenvalue weighted by Crippen LogP contribution is 2.27. The first-order valence-electron chi connectivity index (χ1n) is 7.42. The summed E-state index contributed by atoms with van der Waals surface area (Å²) < 4.78 is 1.51. The van der Waals surface area contributed by atoms with Crippen LogP contribution in [0, 0.1) is 0 Å². The number of carbonyl (C=O) groups excluding carboxylic acids is 2. The SMILES string of the molecule is Cn1nnnc1SCC(=O)Nc1ccccc1C1CCC(=O)NN1. The quantitative estimate of drug-likeness (QED) is 0.671. The van der Waals surface area contributed by atoms with Crippen molar-refractivity contribution < 1.29 is 9.59 Å². The number of tetrazole rings is 1. The van der Waals surface area contributed by atoms with Gasteiger partial charge >= 0.3 is 0 Å². The fraction of sp³-hybridized carbons (Fsp3) is 0.357. The molecular formula is C14H17N7O2S. The molecule has 9 nitrogen and oxygen atoms in total. The van der Waals surface area contributed by atoms with E-state index in [-0.39, 0.29) is 23.6 Å². The number of para-hydroxylation sites is 1. The number of benzene rings is 1. The summed E-state index contributed by atoms with van der Waals surface area (Å²) in [6.07, 6.45) is 1.13. The van der Waals surface area contributed by atoms with Gasteiger partial charge in [0, 0.05) is 19.2 Å². The molecule has 1 unspecified atom stereocenters. The number of aromatic nitrogens is 4. The van der Waals surface area contributed by atoms with Crippen molar-refractivity contribution in [2.24, 2.45) is 7.05 Å². The molecule has 1 fully saturated rings. The predicted molar refractivity (Wildman–Crippen MR) is 87.8 cm³/mol. The monoisotopic (exact) mass is 347 g/mol. The van der Waals surface area contributed by atoms with Gasteiger partial charge in [-0.3, -0.25) is 15.0 Å². The van der Waals surface area contributed by atoms with Crippen molar-refractivity contribution in [3.8, 4) is 0 Å². The van der Waals surface area contributed by atoms with Gasteiger partial charge in [0.05, 0.1) is 11.8 Å². The van der Waals surface area contributed by atoms with Crippen LogP contribution in [0.15, 0.2) is 29.4 Å².